The monoisotopic (exact) mass is 602 g/mol. The molecule has 1 saturated heterocycles. The molecule has 3 atom stereocenters. The van der Waals surface area contributed by atoms with Gasteiger partial charge in [-0.15, -0.1) is 0 Å². The number of amides is 2. The second kappa shape index (κ2) is 14.0. The number of carbonyl (C=O) groups is 2. The van der Waals surface area contributed by atoms with E-state index in [9.17, 15) is 23.1 Å². The van der Waals surface area contributed by atoms with Crippen LogP contribution < -0.4 is 10.1 Å². The third kappa shape index (κ3) is 7.67. The van der Waals surface area contributed by atoms with Crippen LogP contribution >= 0.6 is 0 Å². The van der Waals surface area contributed by atoms with E-state index in [0.29, 0.717) is 37.6 Å². The molecule has 0 spiro atoms. The van der Waals surface area contributed by atoms with Gasteiger partial charge in [0.15, 0.2) is 0 Å². The second-order valence-corrected chi connectivity index (χ2v) is 13.2. The molecule has 2 aliphatic heterocycles. The van der Waals surface area contributed by atoms with E-state index in [4.69, 9.17) is 9.47 Å². The lowest BCUT2D eigenvalue weighted by Gasteiger charge is -2.38. The maximum Gasteiger partial charge on any atom is 0.258 e. The van der Waals surface area contributed by atoms with Crippen LogP contribution in [0.2, 0.25) is 0 Å². The zero-order valence-electron chi connectivity index (χ0n) is 24.8. The first kappa shape index (κ1) is 31.9. The van der Waals surface area contributed by atoms with Gasteiger partial charge in [-0.2, -0.15) is 4.31 Å². The van der Waals surface area contributed by atoms with E-state index in [1.54, 1.807) is 54.3 Å². The van der Waals surface area contributed by atoms with Crippen molar-refractivity contribution < 1.29 is 32.6 Å². The Balaban J connectivity index is 1.55. The number of benzene rings is 2. The summed E-state index contributed by atoms with van der Waals surface area (Å²) < 4.78 is 39.6. The number of nitrogens with one attached hydrogen (secondary N) is 1. The molecule has 42 heavy (non-hydrogen) atoms. The molecule has 230 valence electrons. The minimum absolute atomic E-state index is 0.0480. The van der Waals surface area contributed by atoms with Crippen LogP contribution in [0.25, 0.3) is 0 Å². The number of hydrogen-bond donors (Lipinski definition) is 2. The van der Waals surface area contributed by atoms with E-state index < -0.39 is 22.2 Å². The molecular weight excluding hydrogens is 560 g/mol. The summed E-state index contributed by atoms with van der Waals surface area (Å²) in [6, 6.07) is 11.1. The minimum atomic E-state index is -3.78. The first-order valence-electron chi connectivity index (χ1n) is 14.3. The largest absolute Gasteiger partial charge is 0.488 e. The standard InChI is InChI=1S/C30H42N4O7S/c1-21-5-8-25(9-6-21)42(38,39)32(4)19-28-22(2)18-34(23(3)20-35)30(37)26-17-24(7-10-27(26)41-28)31-29(36)11-12-33-13-15-40-16-14-33/h5-10,17,22-23,28,35H,11-16,18-20H2,1-4H3,(H,31,36)/t22-,23+,28+/m1/s1. The Morgan fingerprint density at radius 3 is 2.52 bits per heavy atom. The lowest BCUT2D eigenvalue weighted by Crippen LogP contribution is -2.50. The summed E-state index contributed by atoms with van der Waals surface area (Å²) in [5, 5.41) is 12.8. The number of sulfonamides is 1. The Labute approximate surface area is 248 Å². The molecular formula is C30H42N4O7S. The lowest BCUT2D eigenvalue weighted by atomic mass is 9.99. The quantitative estimate of drug-likeness (QED) is 0.424. The highest BCUT2D eigenvalue weighted by atomic mass is 32.2. The molecule has 11 nitrogen and oxygen atoms in total. The average Bonchev–Trinajstić information content (AvgIpc) is 2.98. The number of rotatable bonds is 10. The highest BCUT2D eigenvalue weighted by Crippen LogP contribution is 2.31. The van der Waals surface area contributed by atoms with Crippen molar-refractivity contribution in [2.75, 3.05) is 64.9 Å². The Hall–Kier alpha value is -3.03. The van der Waals surface area contributed by atoms with Crippen molar-refractivity contribution in [2.24, 2.45) is 5.92 Å². The summed E-state index contributed by atoms with van der Waals surface area (Å²) in [6.45, 7) is 9.12. The number of aryl methyl sites for hydroxylation is 1. The van der Waals surface area contributed by atoms with Crippen molar-refractivity contribution in [3.8, 4) is 5.75 Å². The fourth-order valence-electron chi connectivity index (χ4n) is 5.07. The summed E-state index contributed by atoms with van der Waals surface area (Å²) in [4.78, 5) is 30.3. The highest BCUT2D eigenvalue weighted by Gasteiger charge is 2.35. The highest BCUT2D eigenvalue weighted by molar-refractivity contribution is 7.89. The van der Waals surface area contributed by atoms with Gasteiger partial charge in [-0.05, 0) is 44.2 Å². The van der Waals surface area contributed by atoms with Crippen molar-refractivity contribution in [2.45, 2.75) is 44.2 Å². The fraction of sp³-hybridized carbons (Fsp3) is 0.533. The van der Waals surface area contributed by atoms with Crippen molar-refractivity contribution in [3.05, 3.63) is 53.6 Å². The Morgan fingerprint density at radius 2 is 1.86 bits per heavy atom. The van der Waals surface area contributed by atoms with Gasteiger partial charge in [0.25, 0.3) is 5.91 Å². The summed E-state index contributed by atoms with van der Waals surface area (Å²) in [5.41, 5.74) is 1.65. The van der Waals surface area contributed by atoms with Crippen molar-refractivity contribution >= 4 is 27.5 Å². The van der Waals surface area contributed by atoms with Gasteiger partial charge >= 0.3 is 0 Å². The molecule has 12 heteroatoms. The smallest absolute Gasteiger partial charge is 0.258 e. The maximum absolute atomic E-state index is 13.7. The molecule has 0 radical (unpaired) electrons. The predicted molar refractivity (Wildman–Crippen MR) is 159 cm³/mol. The number of aliphatic hydroxyl groups is 1. The summed E-state index contributed by atoms with van der Waals surface area (Å²) in [5.74, 6) is -0.469. The van der Waals surface area contributed by atoms with Gasteiger partial charge in [0.1, 0.15) is 11.9 Å². The number of ether oxygens (including phenoxy) is 2. The Kier molecular flexibility index (Phi) is 10.6. The second-order valence-electron chi connectivity index (χ2n) is 11.2. The van der Waals surface area contributed by atoms with Crippen LogP contribution in [-0.4, -0.2) is 111 Å². The first-order valence-corrected chi connectivity index (χ1v) is 15.8. The van der Waals surface area contributed by atoms with Crippen LogP contribution in [-0.2, 0) is 19.6 Å². The van der Waals surface area contributed by atoms with Crippen LogP contribution in [0.5, 0.6) is 5.75 Å². The van der Waals surface area contributed by atoms with Gasteiger partial charge < -0.3 is 24.8 Å². The molecule has 2 heterocycles. The van der Waals surface area contributed by atoms with Crippen molar-refractivity contribution in [1.82, 2.24) is 14.1 Å². The van der Waals surface area contributed by atoms with E-state index in [1.807, 2.05) is 13.8 Å². The molecule has 0 aromatic heterocycles. The molecule has 0 aliphatic carbocycles. The molecule has 1 fully saturated rings. The number of carbonyl (C=O) groups excluding carboxylic acids is 2. The third-order valence-corrected chi connectivity index (χ3v) is 9.71. The number of anilines is 1. The van der Waals surface area contributed by atoms with E-state index in [-0.39, 0.29) is 47.9 Å². The number of aliphatic hydroxyl groups excluding tert-OH is 1. The Morgan fingerprint density at radius 1 is 1.17 bits per heavy atom. The number of nitrogens with zero attached hydrogens (tertiary/aromatic N) is 3. The predicted octanol–water partition coefficient (Wildman–Crippen LogP) is 2.20. The van der Waals surface area contributed by atoms with E-state index >= 15 is 0 Å². The number of morpholine rings is 1. The van der Waals surface area contributed by atoms with Crippen LogP contribution in [0, 0.1) is 12.8 Å². The lowest BCUT2D eigenvalue weighted by molar-refractivity contribution is -0.116. The van der Waals surface area contributed by atoms with Gasteiger partial charge in [-0.3, -0.25) is 14.5 Å². The summed E-state index contributed by atoms with van der Waals surface area (Å²) in [6.07, 6.45) is -0.291. The van der Waals surface area contributed by atoms with Gasteiger partial charge in [0, 0.05) is 51.3 Å². The molecule has 2 aromatic rings. The molecule has 0 saturated carbocycles. The van der Waals surface area contributed by atoms with Gasteiger partial charge in [-0.1, -0.05) is 24.6 Å². The first-order chi connectivity index (χ1) is 20.0. The SMILES string of the molecule is Cc1ccc(S(=O)(=O)N(C)C[C@@H]2Oc3ccc(NC(=O)CCN4CCOCC4)cc3C(=O)N([C@@H](C)CO)C[C@H]2C)cc1. The molecule has 0 bridgehead atoms. The van der Waals surface area contributed by atoms with Crippen LogP contribution in [0.4, 0.5) is 5.69 Å². The molecule has 2 amide bonds. The Bertz CT molecular complexity index is 1350. The molecule has 2 aromatic carbocycles. The number of fused-ring (bicyclic) bond motifs is 1. The van der Waals surface area contributed by atoms with E-state index in [1.165, 1.54) is 11.4 Å². The zero-order chi connectivity index (χ0) is 30.4. The van der Waals surface area contributed by atoms with Crippen LogP contribution in [0.15, 0.2) is 47.4 Å². The molecule has 2 N–H and O–H groups in total. The molecule has 0 unspecified atom stereocenters. The van der Waals surface area contributed by atoms with E-state index in [2.05, 4.69) is 10.2 Å². The van der Waals surface area contributed by atoms with E-state index in [0.717, 1.165) is 18.7 Å². The minimum Gasteiger partial charge on any atom is -0.488 e. The van der Waals surface area contributed by atoms with Crippen molar-refractivity contribution in [3.63, 3.8) is 0 Å². The van der Waals surface area contributed by atoms with Crippen molar-refractivity contribution in [1.29, 1.82) is 0 Å². The fourth-order valence-corrected chi connectivity index (χ4v) is 6.25. The maximum atomic E-state index is 13.7. The topological polar surface area (TPSA) is 129 Å². The summed E-state index contributed by atoms with van der Waals surface area (Å²) >= 11 is 0. The van der Waals surface area contributed by atoms with Gasteiger partial charge in [0.05, 0.1) is 42.9 Å². The van der Waals surface area contributed by atoms with Crippen LogP contribution in [0.3, 0.4) is 0 Å². The average molecular weight is 603 g/mol. The van der Waals surface area contributed by atoms with Crippen LogP contribution in [0.1, 0.15) is 36.2 Å². The third-order valence-electron chi connectivity index (χ3n) is 7.87. The normalized spacial score (nSPS) is 20.8. The number of hydrogen-bond acceptors (Lipinski definition) is 8. The molecule has 4 rings (SSSR count). The molecule has 2 aliphatic rings. The van der Waals surface area contributed by atoms with Gasteiger partial charge in [-0.25, -0.2) is 8.42 Å². The van der Waals surface area contributed by atoms with Gasteiger partial charge in [0.2, 0.25) is 15.9 Å². The zero-order valence-corrected chi connectivity index (χ0v) is 25.6. The number of likely N-dealkylation sites (N-methyl/N-ethyl adjacent to an activating group) is 1. The summed E-state index contributed by atoms with van der Waals surface area (Å²) in [7, 11) is -2.27.